The van der Waals surface area contributed by atoms with E-state index in [1.54, 1.807) is 63.2 Å². The molecule has 1 heterocycles. The molecule has 0 spiro atoms. The number of rotatable bonds is 3. The summed E-state index contributed by atoms with van der Waals surface area (Å²) < 4.78 is 47.9. The first kappa shape index (κ1) is 18.4. The van der Waals surface area contributed by atoms with Gasteiger partial charge in [-0.3, -0.25) is 0 Å². The van der Waals surface area contributed by atoms with Crippen LogP contribution in [0.3, 0.4) is 0 Å². The highest BCUT2D eigenvalue weighted by Gasteiger charge is 2.48. The summed E-state index contributed by atoms with van der Waals surface area (Å²) in [5.74, 6) is -0.399. The van der Waals surface area contributed by atoms with E-state index in [0.717, 1.165) is 0 Å². The quantitative estimate of drug-likeness (QED) is 0.888. The Morgan fingerprint density at radius 1 is 1.12 bits per heavy atom. The van der Waals surface area contributed by atoms with Crippen molar-refractivity contribution in [3.05, 3.63) is 71.5 Å². The average molecular weight is 376 g/mol. The second kappa shape index (κ2) is 6.72. The van der Waals surface area contributed by atoms with Crippen LogP contribution in [0.25, 0.3) is 0 Å². The van der Waals surface area contributed by atoms with E-state index < -0.39 is 32.7 Å². The fraction of sp³-hybridized carbons (Fsp3) is 0.316. The molecule has 2 unspecified atom stereocenters. The molecule has 2 aromatic carbocycles. The van der Waals surface area contributed by atoms with Gasteiger partial charge in [0.15, 0.2) is 0 Å². The Bertz CT molecular complexity index is 927. The van der Waals surface area contributed by atoms with Crippen LogP contribution in [0.4, 0.5) is 4.39 Å². The topological polar surface area (TPSA) is 67.8 Å². The lowest BCUT2D eigenvalue weighted by Crippen LogP contribution is -2.53. The van der Waals surface area contributed by atoms with Crippen molar-refractivity contribution in [1.29, 1.82) is 0 Å². The first-order valence-corrected chi connectivity index (χ1v) is 9.83. The van der Waals surface area contributed by atoms with Crippen LogP contribution >= 0.6 is 0 Å². The maximum absolute atomic E-state index is 13.9. The Morgan fingerprint density at radius 2 is 1.73 bits per heavy atom. The molecule has 0 aliphatic carbocycles. The van der Waals surface area contributed by atoms with E-state index in [9.17, 15) is 12.8 Å². The van der Waals surface area contributed by atoms with Crippen LogP contribution in [0, 0.1) is 5.82 Å². The Hall–Kier alpha value is -2.41. The molecule has 1 saturated heterocycles. The monoisotopic (exact) mass is 376 g/mol. The van der Waals surface area contributed by atoms with Gasteiger partial charge in [-0.25, -0.2) is 22.5 Å². The zero-order valence-electron chi connectivity index (χ0n) is 14.8. The zero-order chi connectivity index (χ0) is 18.9. The molecule has 3 rings (SSSR count). The number of nitrogens with zero attached hydrogens (tertiary/aromatic N) is 1. The number of benzene rings is 2. The van der Waals surface area contributed by atoms with Gasteiger partial charge in [0.2, 0.25) is 10.0 Å². The van der Waals surface area contributed by atoms with Crippen LogP contribution in [-0.4, -0.2) is 20.0 Å². The summed E-state index contributed by atoms with van der Waals surface area (Å²) in [6, 6.07) is 14.4. The molecule has 2 aromatic rings. The minimum Gasteiger partial charge on any atom is -0.457 e. The summed E-state index contributed by atoms with van der Waals surface area (Å²) in [4.78, 5) is 4.25. The number of amidine groups is 1. The van der Waals surface area contributed by atoms with E-state index >= 15 is 0 Å². The first-order chi connectivity index (χ1) is 12.2. The van der Waals surface area contributed by atoms with Crippen molar-refractivity contribution in [2.24, 2.45) is 4.99 Å². The minimum atomic E-state index is -3.77. The summed E-state index contributed by atoms with van der Waals surface area (Å²) in [5.41, 5.74) is -0.0452. The fourth-order valence-corrected chi connectivity index (χ4v) is 4.96. The number of nitrogens with one attached hydrogen (secondary N) is 1. The van der Waals surface area contributed by atoms with Crippen molar-refractivity contribution < 1.29 is 17.5 Å². The number of sulfonamides is 1. The largest absolute Gasteiger partial charge is 0.457 e. The number of halogens is 1. The lowest BCUT2D eigenvalue weighted by Gasteiger charge is -2.39. The van der Waals surface area contributed by atoms with Gasteiger partial charge in [0.25, 0.3) is 6.02 Å². The third-order valence-electron chi connectivity index (χ3n) is 4.30. The van der Waals surface area contributed by atoms with Gasteiger partial charge in [0.05, 0.1) is 6.04 Å². The number of hydrogen-bond donors (Lipinski definition) is 1. The number of ether oxygens (including phenoxy) is 1. The highest BCUT2D eigenvalue weighted by atomic mass is 32.2. The molecule has 26 heavy (non-hydrogen) atoms. The summed E-state index contributed by atoms with van der Waals surface area (Å²) in [6.07, 6.45) is 0. The van der Waals surface area contributed by atoms with E-state index in [1.165, 1.54) is 6.07 Å². The zero-order valence-corrected chi connectivity index (χ0v) is 15.6. The van der Waals surface area contributed by atoms with Crippen LogP contribution in [-0.2, 0) is 14.8 Å². The molecule has 0 amide bonds. The predicted molar refractivity (Wildman–Crippen MR) is 98.7 cm³/mol. The molecule has 0 bridgehead atoms. The molecule has 2 atom stereocenters. The maximum Gasteiger partial charge on any atom is 0.299 e. The van der Waals surface area contributed by atoms with E-state index in [1.807, 2.05) is 6.07 Å². The Kier molecular flexibility index (Phi) is 4.75. The molecule has 1 aliphatic heterocycles. The molecular weight excluding hydrogens is 355 g/mol. The van der Waals surface area contributed by atoms with Crippen LogP contribution in [0.2, 0.25) is 0 Å². The van der Waals surface area contributed by atoms with Gasteiger partial charge in [-0.15, -0.1) is 0 Å². The van der Waals surface area contributed by atoms with Crippen LogP contribution in [0.5, 0.6) is 0 Å². The lowest BCUT2D eigenvalue weighted by molar-refractivity contribution is 0.0761. The van der Waals surface area contributed by atoms with Gasteiger partial charge in [0, 0.05) is 5.56 Å². The molecule has 0 aromatic heterocycles. The third kappa shape index (κ3) is 3.58. The number of aliphatic imine (C=N–C) groups is 1. The van der Waals surface area contributed by atoms with E-state index in [0.29, 0.717) is 11.1 Å². The molecule has 1 N–H and O–H groups in total. The first-order valence-electron chi connectivity index (χ1n) is 8.28. The molecule has 1 fully saturated rings. The SMILES string of the molecule is CC(N=C1NS(=O)(=O)C(c2ccccc2)C(C)(C)O1)c1ccccc1F. The fourth-order valence-electron chi connectivity index (χ4n) is 3.20. The van der Waals surface area contributed by atoms with Gasteiger partial charge in [-0.2, -0.15) is 0 Å². The normalized spacial score (nSPS) is 23.7. The summed E-state index contributed by atoms with van der Waals surface area (Å²) in [7, 11) is -3.77. The molecule has 1 aliphatic rings. The molecule has 138 valence electrons. The van der Waals surface area contributed by atoms with Gasteiger partial charge in [-0.05, 0) is 32.4 Å². The summed E-state index contributed by atoms with van der Waals surface area (Å²) in [5, 5.41) is -0.890. The minimum absolute atomic E-state index is 0.127. The van der Waals surface area contributed by atoms with E-state index in [-0.39, 0.29) is 6.02 Å². The summed E-state index contributed by atoms with van der Waals surface area (Å²) >= 11 is 0. The van der Waals surface area contributed by atoms with E-state index in [2.05, 4.69) is 9.71 Å². The van der Waals surface area contributed by atoms with Gasteiger partial charge in [0.1, 0.15) is 16.7 Å². The Morgan fingerprint density at radius 3 is 2.35 bits per heavy atom. The highest BCUT2D eigenvalue weighted by molar-refractivity contribution is 7.90. The van der Waals surface area contributed by atoms with Crippen molar-refractivity contribution >= 4 is 16.0 Å². The molecule has 7 heteroatoms. The molecular formula is C19H21FN2O3S. The van der Waals surface area contributed by atoms with Crippen molar-refractivity contribution in [3.8, 4) is 0 Å². The smallest absolute Gasteiger partial charge is 0.299 e. The highest BCUT2D eigenvalue weighted by Crippen LogP contribution is 2.38. The standard InChI is InChI=1S/C19H21FN2O3S/c1-13(15-11-7-8-12-16(15)20)21-18-22-26(23,24)17(19(2,3)25-18)14-9-5-4-6-10-14/h4-13,17H,1-3H3,(H,21,22). The Labute approximate surface area is 153 Å². The van der Waals surface area contributed by atoms with Gasteiger partial charge >= 0.3 is 0 Å². The number of hydrogen-bond acceptors (Lipinski definition) is 4. The van der Waals surface area contributed by atoms with Crippen LogP contribution in [0.1, 0.15) is 43.2 Å². The molecule has 5 nitrogen and oxygen atoms in total. The van der Waals surface area contributed by atoms with Crippen molar-refractivity contribution in [2.75, 3.05) is 0 Å². The van der Waals surface area contributed by atoms with Crippen LogP contribution < -0.4 is 4.72 Å². The Balaban J connectivity index is 1.94. The van der Waals surface area contributed by atoms with Crippen molar-refractivity contribution in [2.45, 2.75) is 37.7 Å². The second-order valence-corrected chi connectivity index (χ2v) is 8.54. The summed E-state index contributed by atoms with van der Waals surface area (Å²) in [6.45, 7) is 5.08. The van der Waals surface area contributed by atoms with Gasteiger partial charge < -0.3 is 4.74 Å². The van der Waals surface area contributed by atoms with Crippen molar-refractivity contribution in [3.63, 3.8) is 0 Å². The average Bonchev–Trinajstić information content (AvgIpc) is 2.53. The lowest BCUT2D eigenvalue weighted by atomic mass is 9.97. The predicted octanol–water partition coefficient (Wildman–Crippen LogP) is 3.71. The maximum atomic E-state index is 13.9. The van der Waals surface area contributed by atoms with Gasteiger partial charge in [-0.1, -0.05) is 48.5 Å². The molecule has 0 saturated carbocycles. The molecule has 0 radical (unpaired) electrons. The van der Waals surface area contributed by atoms with E-state index in [4.69, 9.17) is 4.74 Å². The van der Waals surface area contributed by atoms with Crippen molar-refractivity contribution in [1.82, 2.24) is 4.72 Å². The second-order valence-electron chi connectivity index (χ2n) is 6.78. The van der Waals surface area contributed by atoms with Crippen LogP contribution in [0.15, 0.2) is 59.6 Å². The third-order valence-corrected chi connectivity index (χ3v) is 6.22.